The molecule has 2 heterocycles. The summed E-state index contributed by atoms with van der Waals surface area (Å²) in [5.41, 5.74) is 0.512. The van der Waals surface area contributed by atoms with Crippen LogP contribution in [0.25, 0.3) is 0 Å². The molecule has 2 saturated heterocycles. The molecule has 14 heavy (non-hydrogen) atoms. The molecule has 0 aromatic carbocycles. The zero-order valence-corrected chi connectivity index (χ0v) is 10.8. The number of nitrogens with one attached hydrogen (secondary N) is 1. The van der Waals surface area contributed by atoms with Crippen molar-refractivity contribution in [2.45, 2.75) is 38.8 Å². The van der Waals surface area contributed by atoms with Crippen LogP contribution < -0.4 is 5.32 Å². The number of hydrogen-bond acceptors (Lipinski definition) is 3. The highest BCUT2D eigenvalue weighted by molar-refractivity contribution is 7.99. The molecule has 0 aliphatic carbocycles. The van der Waals surface area contributed by atoms with Crippen molar-refractivity contribution >= 4 is 23.5 Å². The van der Waals surface area contributed by atoms with Gasteiger partial charge in [-0.1, -0.05) is 13.8 Å². The molecule has 82 valence electrons. The summed E-state index contributed by atoms with van der Waals surface area (Å²) in [6, 6.07) is 1.54. The number of hydrogen-bond donors (Lipinski definition) is 1. The van der Waals surface area contributed by atoms with Gasteiger partial charge in [0, 0.05) is 23.6 Å². The average Bonchev–Trinajstić information content (AvgIpc) is 2.61. The van der Waals surface area contributed by atoms with Crippen LogP contribution >= 0.6 is 23.5 Å². The van der Waals surface area contributed by atoms with Crippen molar-refractivity contribution in [3.63, 3.8) is 0 Å². The molecular formula is C11H21NS2. The lowest BCUT2D eigenvalue weighted by molar-refractivity contribution is 0.232. The van der Waals surface area contributed by atoms with E-state index in [-0.39, 0.29) is 0 Å². The van der Waals surface area contributed by atoms with Gasteiger partial charge >= 0.3 is 0 Å². The topological polar surface area (TPSA) is 12.0 Å². The van der Waals surface area contributed by atoms with E-state index in [2.05, 4.69) is 42.7 Å². The van der Waals surface area contributed by atoms with Gasteiger partial charge in [0.1, 0.15) is 0 Å². The van der Waals surface area contributed by atoms with Crippen LogP contribution in [0.4, 0.5) is 0 Å². The van der Waals surface area contributed by atoms with Crippen molar-refractivity contribution in [1.29, 1.82) is 0 Å². The van der Waals surface area contributed by atoms with E-state index in [1.807, 2.05) is 0 Å². The molecule has 2 atom stereocenters. The molecule has 3 heteroatoms. The van der Waals surface area contributed by atoms with Crippen molar-refractivity contribution in [3.8, 4) is 0 Å². The molecule has 0 spiro atoms. The van der Waals surface area contributed by atoms with Crippen molar-refractivity contribution in [2.24, 2.45) is 5.41 Å². The van der Waals surface area contributed by atoms with Gasteiger partial charge in [-0.2, -0.15) is 23.5 Å². The molecule has 2 fully saturated rings. The standard InChI is InChI=1S/C11H21NS2/c1-11(2)4-6-14-8-10(11)12-9-3-5-13-7-9/h9-10,12H,3-8H2,1-2H3. The molecule has 0 amide bonds. The monoisotopic (exact) mass is 231 g/mol. The lowest BCUT2D eigenvalue weighted by Crippen LogP contribution is -2.50. The van der Waals surface area contributed by atoms with Crippen LogP contribution in [0, 0.1) is 5.41 Å². The predicted molar refractivity (Wildman–Crippen MR) is 68.4 cm³/mol. The van der Waals surface area contributed by atoms with Gasteiger partial charge in [-0.15, -0.1) is 0 Å². The van der Waals surface area contributed by atoms with Gasteiger partial charge in [0.25, 0.3) is 0 Å². The van der Waals surface area contributed by atoms with E-state index in [9.17, 15) is 0 Å². The molecule has 0 aromatic heterocycles. The Kier molecular flexibility index (Phi) is 3.72. The first-order valence-corrected chi connectivity index (χ1v) is 7.91. The molecule has 1 nitrogen and oxygen atoms in total. The summed E-state index contributed by atoms with van der Waals surface area (Å²) in [7, 11) is 0. The molecule has 0 radical (unpaired) electrons. The Morgan fingerprint density at radius 2 is 1.93 bits per heavy atom. The van der Waals surface area contributed by atoms with Crippen molar-refractivity contribution in [2.75, 3.05) is 23.0 Å². The SMILES string of the molecule is CC1(C)CCSCC1NC1CCSC1. The van der Waals surface area contributed by atoms with Gasteiger partial charge in [0.2, 0.25) is 0 Å². The minimum absolute atomic E-state index is 0.512. The molecule has 2 unspecified atom stereocenters. The van der Waals surface area contributed by atoms with E-state index in [1.54, 1.807) is 0 Å². The molecule has 2 aliphatic heterocycles. The maximum absolute atomic E-state index is 3.87. The van der Waals surface area contributed by atoms with E-state index in [0.717, 1.165) is 12.1 Å². The second-order valence-corrected chi connectivity index (χ2v) is 7.39. The predicted octanol–water partition coefficient (Wildman–Crippen LogP) is 2.61. The fraction of sp³-hybridized carbons (Fsp3) is 1.00. The van der Waals surface area contributed by atoms with Gasteiger partial charge in [0.05, 0.1) is 0 Å². The van der Waals surface area contributed by atoms with Crippen LogP contribution in [0.15, 0.2) is 0 Å². The van der Waals surface area contributed by atoms with Crippen LogP contribution in [0.3, 0.4) is 0 Å². The summed E-state index contributed by atoms with van der Waals surface area (Å²) in [5.74, 6) is 5.36. The van der Waals surface area contributed by atoms with E-state index in [4.69, 9.17) is 0 Å². The Morgan fingerprint density at radius 3 is 2.57 bits per heavy atom. The molecule has 0 bridgehead atoms. The minimum atomic E-state index is 0.512. The normalized spacial score (nSPS) is 37.3. The Morgan fingerprint density at radius 1 is 1.14 bits per heavy atom. The van der Waals surface area contributed by atoms with Crippen molar-refractivity contribution in [3.05, 3.63) is 0 Å². The Hall–Kier alpha value is 0.660. The van der Waals surface area contributed by atoms with Crippen LogP contribution in [0.2, 0.25) is 0 Å². The summed E-state index contributed by atoms with van der Waals surface area (Å²) < 4.78 is 0. The van der Waals surface area contributed by atoms with Gasteiger partial charge in [-0.25, -0.2) is 0 Å². The molecule has 2 rings (SSSR count). The minimum Gasteiger partial charge on any atom is -0.309 e. The van der Waals surface area contributed by atoms with E-state index in [1.165, 1.54) is 35.9 Å². The first kappa shape index (κ1) is 11.2. The highest BCUT2D eigenvalue weighted by atomic mass is 32.2. The first-order valence-electron chi connectivity index (χ1n) is 5.60. The molecule has 1 N–H and O–H groups in total. The molecule has 0 aromatic rings. The summed E-state index contributed by atoms with van der Waals surface area (Å²) >= 11 is 4.22. The summed E-state index contributed by atoms with van der Waals surface area (Å²) in [5, 5.41) is 3.87. The lowest BCUT2D eigenvalue weighted by Gasteiger charge is -2.40. The summed E-state index contributed by atoms with van der Waals surface area (Å²) in [6.07, 6.45) is 2.75. The van der Waals surface area contributed by atoms with Crippen LogP contribution in [0.5, 0.6) is 0 Å². The summed E-state index contributed by atoms with van der Waals surface area (Å²) in [4.78, 5) is 0. The number of rotatable bonds is 2. The fourth-order valence-corrected chi connectivity index (χ4v) is 4.95. The fourth-order valence-electron chi connectivity index (χ4n) is 2.16. The lowest BCUT2D eigenvalue weighted by atomic mass is 9.82. The molecule has 0 saturated carbocycles. The molecule has 2 aliphatic rings. The average molecular weight is 231 g/mol. The number of thioether (sulfide) groups is 2. The van der Waals surface area contributed by atoms with Crippen molar-refractivity contribution in [1.82, 2.24) is 5.32 Å². The molecular weight excluding hydrogens is 210 g/mol. The van der Waals surface area contributed by atoms with Crippen LogP contribution in [-0.2, 0) is 0 Å². The zero-order valence-electron chi connectivity index (χ0n) is 9.21. The van der Waals surface area contributed by atoms with E-state index >= 15 is 0 Å². The highest BCUT2D eigenvalue weighted by Gasteiger charge is 2.34. The maximum atomic E-state index is 3.87. The van der Waals surface area contributed by atoms with Crippen molar-refractivity contribution < 1.29 is 0 Å². The Labute approximate surface area is 96.2 Å². The third-order valence-electron chi connectivity index (χ3n) is 3.49. The van der Waals surface area contributed by atoms with Gasteiger partial charge in [-0.05, 0) is 29.8 Å². The Balaban J connectivity index is 1.88. The van der Waals surface area contributed by atoms with Crippen LogP contribution in [-0.4, -0.2) is 35.1 Å². The zero-order chi connectivity index (χ0) is 10.0. The third kappa shape index (κ3) is 2.61. The smallest absolute Gasteiger partial charge is 0.0212 e. The largest absolute Gasteiger partial charge is 0.309 e. The highest BCUT2D eigenvalue weighted by Crippen LogP contribution is 2.35. The van der Waals surface area contributed by atoms with Gasteiger partial charge < -0.3 is 5.32 Å². The summed E-state index contributed by atoms with van der Waals surface area (Å²) in [6.45, 7) is 4.85. The second-order valence-electron chi connectivity index (χ2n) is 5.09. The quantitative estimate of drug-likeness (QED) is 0.784. The van der Waals surface area contributed by atoms with Crippen LogP contribution in [0.1, 0.15) is 26.7 Å². The van der Waals surface area contributed by atoms with E-state index < -0.39 is 0 Å². The third-order valence-corrected chi connectivity index (χ3v) is 5.71. The maximum Gasteiger partial charge on any atom is 0.0212 e. The van der Waals surface area contributed by atoms with E-state index in [0.29, 0.717) is 5.41 Å². The second kappa shape index (κ2) is 4.67. The Bertz CT molecular complexity index is 188. The first-order chi connectivity index (χ1) is 6.68. The van der Waals surface area contributed by atoms with Gasteiger partial charge in [-0.3, -0.25) is 0 Å². The van der Waals surface area contributed by atoms with Gasteiger partial charge in [0.15, 0.2) is 0 Å².